The van der Waals surface area contributed by atoms with Crippen molar-refractivity contribution in [2.24, 2.45) is 5.73 Å². The van der Waals surface area contributed by atoms with Gasteiger partial charge in [0.15, 0.2) is 0 Å². The molecule has 2 aromatic carbocycles. The molecule has 26 heavy (non-hydrogen) atoms. The first-order valence-electron chi connectivity index (χ1n) is 8.21. The Morgan fingerprint density at radius 2 is 1.73 bits per heavy atom. The lowest BCUT2D eigenvalue weighted by Crippen LogP contribution is -2.16. The van der Waals surface area contributed by atoms with Crippen molar-refractivity contribution in [2.75, 3.05) is 11.9 Å². The second-order valence-electron chi connectivity index (χ2n) is 5.75. The van der Waals surface area contributed by atoms with Crippen molar-refractivity contribution in [1.29, 1.82) is 0 Å². The Morgan fingerprint density at radius 3 is 2.38 bits per heavy atom. The van der Waals surface area contributed by atoms with E-state index in [1.54, 1.807) is 18.3 Å². The Morgan fingerprint density at radius 1 is 1.00 bits per heavy atom. The van der Waals surface area contributed by atoms with Gasteiger partial charge in [0.1, 0.15) is 11.5 Å². The molecule has 0 radical (unpaired) electrons. The number of benzene rings is 2. The fraction of sp³-hybridized carbons (Fsp3) is 0.211. The Bertz CT molecular complexity index is 781. The molecule has 1 unspecified atom stereocenters. The van der Waals surface area contributed by atoms with Gasteiger partial charge in [-0.25, -0.2) is 9.37 Å². The van der Waals surface area contributed by atoms with Crippen molar-refractivity contribution < 1.29 is 4.39 Å². The summed E-state index contributed by atoms with van der Waals surface area (Å²) in [6, 6.07) is 15.9. The van der Waals surface area contributed by atoms with E-state index in [4.69, 9.17) is 5.73 Å². The highest BCUT2D eigenvalue weighted by atomic mass is 35.5. The molecule has 5 nitrogen and oxygen atoms in total. The number of nitrogens with two attached hydrogens (primary N) is 1. The topological polar surface area (TPSA) is 76.7 Å². The molecule has 1 atom stereocenters. The standard InChI is InChI=1S/C19H20FN5.ClH/c20-16-10-8-15(9-11-16)18(21)17-13-23-19(25-24-17)22-12-4-7-14-5-2-1-3-6-14;/h1-3,5-6,8-11,13,18H,4,7,12,21H2,(H,22,23,25);1H. The summed E-state index contributed by atoms with van der Waals surface area (Å²) in [5.74, 6) is 0.179. The van der Waals surface area contributed by atoms with Crippen molar-refractivity contribution in [1.82, 2.24) is 15.2 Å². The quantitative estimate of drug-likeness (QED) is 0.619. The molecule has 0 fully saturated rings. The lowest BCUT2D eigenvalue weighted by atomic mass is 10.1. The van der Waals surface area contributed by atoms with Gasteiger partial charge in [-0.05, 0) is 36.1 Å². The molecule has 7 heteroatoms. The second-order valence-corrected chi connectivity index (χ2v) is 5.75. The van der Waals surface area contributed by atoms with Crippen molar-refractivity contribution in [3.05, 3.63) is 83.4 Å². The van der Waals surface area contributed by atoms with Crippen LogP contribution in [0.25, 0.3) is 0 Å². The molecule has 0 aliphatic carbocycles. The van der Waals surface area contributed by atoms with Crippen LogP contribution in [0.4, 0.5) is 10.3 Å². The zero-order valence-electron chi connectivity index (χ0n) is 14.2. The third-order valence-electron chi connectivity index (χ3n) is 3.90. The van der Waals surface area contributed by atoms with Crippen LogP contribution in [0.2, 0.25) is 0 Å². The van der Waals surface area contributed by atoms with Crippen molar-refractivity contribution in [2.45, 2.75) is 18.9 Å². The minimum atomic E-state index is -0.479. The number of nitrogens with one attached hydrogen (secondary N) is 1. The molecule has 0 bridgehead atoms. The summed E-state index contributed by atoms with van der Waals surface area (Å²) < 4.78 is 13.0. The molecule has 0 saturated carbocycles. The van der Waals surface area contributed by atoms with Gasteiger partial charge in [-0.15, -0.1) is 22.6 Å². The average molecular weight is 374 g/mol. The maximum atomic E-state index is 13.0. The van der Waals surface area contributed by atoms with E-state index < -0.39 is 6.04 Å². The van der Waals surface area contributed by atoms with Crippen LogP contribution >= 0.6 is 12.4 Å². The van der Waals surface area contributed by atoms with Gasteiger partial charge >= 0.3 is 0 Å². The molecule has 0 amide bonds. The van der Waals surface area contributed by atoms with Crippen LogP contribution in [0.15, 0.2) is 60.8 Å². The van der Waals surface area contributed by atoms with Crippen LogP contribution in [-0.4, -0.2) is 21.7 Å². The minimum Gasteiger partial charge on any atom is -0.353 e. The average Bonchev–Trinajstić information content (AvgIpc) is 2.67. The molecule has 0 aliphatic rings. The molecule has 136 valence electrons. The third kappa shape index (κ3) is 5.47. The minimum absolute atomic E-state index is 0. The summed E-state index contributed by atoms with van der Waals surface area (Å²) >= 11 is 0. The molecule has 0 aliphatic heterocycles. The molecule has 3 N–H and O–H groups in total. The predicted octanol–water partition coefficient (Wildman–Crippen LogP) is 3.53. The summed E-state index contributed by atoms with van der Waals surface area (Å²) in [6.45, 7) is 0.764. The van der Waals surface area contributed by atoms with Crippen molar-refractivity contribution in [3.63, 3.8) is 0 Å². The summed E-state index contributed by atoms with van der Waals surface area (Å²) in [5, 5.41) is 11.3. The summed E-state index contributed by atoms with van der Waals surface area (Å²) in [7, 11) is 0. The van der Waals surface area contributed by atoms with E-state index in [0.29, 0.717) is 11.6 Å². The van der Waals surface area contributed by atoms with E-state index in [0.717, 1.165) is 24.9 Å². The first-order chi connectivity index (χ1) is 12.2. The lowest BCUT2D eigenvalue weighted by Gasteiger charge is -2.11. The molecule has 1 heterocycles. The van der Waals surface area contributed by atoms with Crippen molar-refractivity contribution >= 4 is 18.4 Å². The van der Waals surface area contributed by atoms with Gasteiger partial charge in [0.05, 0.1) is 12.2 Å². The van der Waals surface area contributed by atoms with E-state index in [9.17, 15) is 4.39 Å². The van der Waals surface area contributed by atoms with Crippen LogP contribution in [0.5, 0.6) is 0 Å². The van der Waals surface area contributed by atoms with Gasteiger partial charge in [-0.3, -0.25) is 0 Å². The Kier molecular flexibility index (Phi) is 7.44. The maximum absolute atomic E-state index is 13.0. The Hall–Kier alpha value is -2.57. The molecule has 3 aromatic rings. The lowest BCUT2D eigenvalue weighted by molar-refractivity contribution is 0.626. The zero-order chi connectivity index (χ0) is 17.5. The summed E-state index contributed by atoms with van der Waals surface area (Å²) in [5.41, 5.74) is 8.73. The molecule has 0 saturated heterocycles. The van der Waals surface area contributed by atoms with Crippen LogP contribution < -0.4 is 11.1 Å². The molecular weight excluding hydrogens is 353 g/mol. The number of halogens is 2. The van der Waals surface area contributed by atoms with Crippen LogP contribution in [0.3, 0.4) is 0 Å². The van der Waals surface area contributed by atoms with Crippen LogP contribution in [-0.2, 0) is 6.42 Å². The number of aromatic nitrogens is 3. The fourth-order valence-corrected chi connectivity index (χ4v) is 2.49. The summed E-state index contributed by atoms with van der Waals surface area (Å²) in [4.78, 5) is 4.25. The molecule has 1 aromatic heterocycles. The molecule has 3 rings (SSSR count). The molecular formula is C19H21ClFN5. The van der Waals surface area contributed by atoms with Crippen LogP contribution in [0, 0.1) is 5.82 Å². The highest BCUT2D eigenvalue weighted by Crippen LogP contribution is 2.17. The SMILES string of the molecule is Cl.NC(c1ccc(F)cc1)c1cnc(NCCCc2ccccc2)nn1. The number of anilines is 1. The largest absolute Gasteiger partial charge is 0.353 e. The van der Waals surface area contributed by atoms with E-state index in [2.05, 4.69) is 32.6 Å². The summed E-state index contributed by atoms with van der Waals surface area (Å²) in [6.07, 6.45) is 3.57. The second kappa shape index (κ2) is 9.79. The maximum Gasteiger partial charge on any atom is 0.242 e. The monoisotopic (exact) mass is 373 g/mol. The smallest absolute Gasteiger partial charge is 0.242 e. The zero-order valence-corrected chi connectivity index (χ0v) is 15.0. The number of hydrogen-bond acceptors (Lipinski definition) is 5. The van der Waals surface area contributed by atoms with E-state index in [1.807, 2.05) is 18.2 Å². The van der Waals surface area contributed by atoms with Crippen LogP contribution in [0.1, 0.15) is 29.3 Å². The van der Waals surface area contributed by atoms with Gasteiger partial charge in [0.25, 0.3) is 0 Å². The van der Waals surface area contributed by atoms with Gasteiger partial charge in [0.2, 0.25) is 5.95 Å². The normalized spacial score (nSPS) is 11.5. The number of rotatable bonds is 7. The Balaban J connectivity index is 0.00000243. The van der Waals surface area contributed by atoms with Gasteiger partial charge in [-0.1, -0.05) is 42.5 Å². The predicted molar refractivity (Wildman–Crippen MR) is 103 cm³/mol. The van der Waals surface area contributed by atoms with Gasteiger partial charge < -0.3 is 11.1 Å². The van der Waals surface area contributed by atoms with E-state index in [1.165, 1.54) is 17.7 Å². The van der Waals surface area contributed by atoms with E-state index >= 15 is 0 Å². The van der Waals surface area contributed by atoms with Gasteiger partial charge in [-0.2, -0.15) is 0 Å². The Labute approximate surface area is 158 Å². The van der Waals surface area contributed by atoms with Crippen molar-refractivity contribution in [3.8, 4) is 0 Å². The number of nitrogens with zero attached hydrogens (tertiary/aromatic N) is 3. The first kappa shape index (κ1) is 19.8. The van der Waals surface area contributed by atoms with Gasteiger partial charge in [0, 0.05) is 6.54 Å². The van der Waals surface area contributed by atoms with E-state index in [-0.39, 0.29) is 18.2 Å². The highest BCUT2D eigenvalue weighted by molar-refractivity contribution is 5.85. The third-order valence-corrected chi connectivity index (χ3v) is 3.90. The number of aryl methyl sites for hydroxylation is 1. The first-order valence-corrected chi connectivity index (χ1v) is 8.21. The molecule has 0 spiro atoms. The fourth-order valence-electron chi connectivity index (χ4n) is 2.49. The number of hydrogen-bond donors (Lipinski definition) is 2. The highest BCUT2D eigenvalue weighted by Gasteiger charge is 2.12.